The van der Waals surface area contributed by atoms with Crippen LogP contribution in [0.1, 0.15) is 33.1 Å². The summed E-state index contributed by atoms with van der Waals surface area (Å²) in [6, 6.07) is -0.338. The molecule has 1 aliphatic heterocycles. The van der Waals surface area contributed by atoms with E-state index < -0.39 is 12.0 Å². The molecule has 0 spiro atoms. The molecule has 0 aromatic heterocycles. The third-order valence-corrected chi connectivity index (χ3v) is 3.42. The summed E-state index contributed by atoms with van der Waals surface area (Å²) in [6.45, 7) is 3.39. The standard InChI is InChI=1S/C11H19NO3S/c1-3-4-7(16)5-8-10(14)9(6(2)13)11(15)12-8/h7-10,14,16H,3-5H2,1-2H3,(H,12,15). The molecule has 4 nitrogen and oxygen atoms in total. The van der Waals surface area contributed by atoms with Crippen molar-refractivity contribution in [1.29, 1.82) is 0 Å². The van der Waals surface area contributed by atoms with Crippen molar-refractivity contribution >= 4 is 24.3 Å². The van der Waals surface area contributed by atoms with E-state index in [0.29, 0.717) is 6.42 Å². The summed E-state index contributed by atoms with van der Waals surface area (Å²) in [5, 5.41) is 12.7. The molecule has 1 heterocycles. The molecule has 92 valence electrons. The first-order valence-corrected chi connectivity index (χ1v) is 6.16. The number of Topliss-reactive ketones (excluding diaryl/α,β-unsaturated/α-hetero) is 1. The largest absolute Gasteiger partial charge is 0.390 e. The van der Waals surface area contributed by atoms with Gasteiger partial charge in [-0.15, -0.1) is 0 Å². The van der Waals surface area contributed by atoms with Crippen LogP contribution in [0.15, 0.2) is 0 Å². The summed E-state index contributed by atoms with van der Waals surface area (Å²) in [6.07, 6.45) is 1.65. The molecule has 0 aromatic carbocycles. The zero-order chi connectivity index (χ0) is 12.3. The lowest BCUT2D eigenvalue weighted by atomic mass is 9.95. The van der Waals surface area contributed by atoms with Gasteiger partial charge in [-0.1, -0.05) is 13.3 Å². The minimum Gasteiger partial charge on any atom is -0.390 e. The first-order chi connectivity index (χ1) is 7.47. The lowest BCUT2D eigenvalue weighted by Crippen LogP contribution is -2.35. The number of hydrogen-bond acceptors (Lipinski definition) is 4. The van der Waals surface area contributed by atoms with Gasteiger partial charge >= 0.3 is 0 Å². The van der Waals surface area contributed by atoms with Crippen molar-refractivity contribution in [2.24, 2.45) is 5.92 Å². The number of hydrogen-bond donors (Lipinski definition) is 3. The SMILES string of the molecule is CCCC(S)CC1NC(=O)C(C(C)=O)C1O. The summed E-state index contributed by atoms with van der Waals surface area (Å²) in [5.74, 6) is -1.53. The molecule has 2 N–H and O–H groups in total. The van der Waals surface area contributed by atoms with E-state index in [9.17, 15) is 14.7 Å². The fourth-order valence-corrected chi connectivity index (χ4v) is 2.60. The number of carbonyl (C=O) groups excluding carboxylic acids is 2. The van der Waals surface area contributed by atoms with E-state index in [4.69, 9.17) is 0 Å². The molecule has 1 saturated heterocycles. The minimum absolute atomic E-state index is 0.149. The van der Waals surface area contributed by atoms with Crippen LogP contribution < -0.4 is 5.32 Å². The van der Waals surface area contributed by atoms with Crippen molar-refractivity contribution in [1.82, 2.24) is 5.32 Å². The maximum absolute atomic E-state index is 11.5. The number of nitrogens with one attached hydrogen (secondary N) is 1. The van der Waals surface area contributed by atoms with Gasteiger partial charge in [-0.25, -0.2) is 0 Å². The Morgan fingerprint density at radius 1 is 1.62 bits per heavy atom. The highest BCUT2D eigenvalue weighted by molar-refractivity contribution is 7.80. The molecule has 1 aliphatic rings. The van der Waals surface area contributed by atoms with Crippen molar-refractivity contribution < 1.29 is 14.7 Å². The van der Waals surface area contributed by atoms with Crippen LogP contribution in [0.4, 0.5) is 0 Å². The van der Waals surface area contributed by atoms with E-state index in [-0.39, 0.29) is 23.0 Å². The summed E-state index contributed by atoms with van der Waals surface area (Å²) in [5.41, 5.74) is 0. The Morgan fingerprint density at radius 3 is 2.69 bits per heavy atom. The predicted octanol–water partition coefficient (Wildman–Crippen LogP) is 0.539. The van der Waals surface area contributed by atoms with Crippen LogP contribution in [0.5, 0.6) is 0 Å². The number of aliphatic hydroxyl groups excluding tert-OH is 1. The van der Waals surface area contributed by atoms with Crippen molar-refractivity contribution in [3.63, 3.8) is 0 Å². The quantitative estimate of drug-likeness (QED) is 0.489. The number of thiol groups is 1. The Kier molecular flexibility index (Phi) is 4.80. The second-order valence-electron chi connectivity index (χ2n) is 4.37. The van der Waals surface area contributed by atoms with Crippen LogP contribution in [0.25, 0.3) is 0 Å². The van der Waals surface area contributed by atoms with Crippen LogP contribution in [0, 0.1) is 5.92 Å². The maximum Gasteiger partial charge on any atom is 0.233 e. The Balaban J connectivity index is 2.58. The van der Waals surface area contributed by atoms with Gasteiger partial charge < -0.3 is 10.4 Å². The van der Waals surface area contributed by atoms with Gasteiger partial charge in [-0.05, 0) is 19.8 Å². The van der Waals surface area contributed by atoms with Gasteiger partial charge in [-0.3, -0.25) is 9.59 Å². The third kappa shape index (κ3) is 2.98. The molecule has 0 bridgehead atoms. The molecule has 0 aromatic rings. The molecule has 5 heteroatoms. The van der Waals surface area contributed by atoms with Crippen molar-refractivity contribution in [3.05, 3.63) is 0 Å². The van der Waals surface area contributed by atoms with Crippen LogP contribution >= 0.6 is 12.6 Å². The van der Waals surface area contributed by atoms with Gasteiger partial charge in [0.25, 0.3) is 0 Å². The molecule has 1 amide bonds. The molecule has 0 saturated carbocycles. The van der Waals surface area contributed by atoms with Crippen LogP contribution in [0.2, 0.25) is 0 Å². The number of carbonyl (C=O) groups is 2. The van der Waals surface area contributed by atoms with E-state index >= 15 is 0 Å². The summed E-state index contributed by atoms with van der Waals surface area (Å²) in [4.78, 5) is 22.6. The second-order valence-corrected chi connectivity index (χ2v) is 5.10. The molecule has 4 atom stereocenters. The van der Waals surface area contributed by atoms with Crippen LogP contribution in [-0.4, -0.2) is 34.2 Å². The average molecular weight is 245 g/mol. The third-order valence-electron chi connectivity index (χ3n) is 2.95. The number of ketones is 1. The summed E-state index contributed by atoms with van der Waals surface area (Å²) >= 11 is 4.39. The highest BCUT2D eigenvalue weighted by Gasteiger charge is 2.43. The first kappa shape index (κ1) is 13.5. The average Bonchev–Trinajstić information content (AvgIpc) is 2.42. The summed E-state index contributed by atoms with van der Waals surface area (Å²) < 4.78 is 0. The van der Waals surface area contributed by atoms with Crippen molar-refractivity contribution in [3.8, 4) is 0 Å². The van der Waals surface area contributed by atoms with Crippen molar-refractivity contribution in [2.45, 2.75) is 50.5 Å². The Labute approximate surface area is 101 Å². The molecule has 1 rings (SSSR count). The van der Waals surface area contributed by atoms with E-state index in [1.165, 1.54) is 6.92 Å². The van der Waals surface area contributed by atoms with Gasteiger partial charge in [0, 0.05) is 5.25 Å². The van der Waals surface area contributed by atoms with Crippen LogP contribution in [-0.2, 0) is 9.59 Å². The molecule has 1 fully saturated rings. The zero-order valence-electron chi connectivity index (χ0n) is 9.64. The lowest BCUT2D eigenvalue weighted by molar-refractivity contribution is -0.132. The van der Waals surface area contributed by atoms with Gasteiger partial charge in [-0.2, -0.15) is 12.6 Å². The minimum atomic E-state index is -0.906. The fraction of sp³-hybridized carbons (Fsp3) is 0.818. The highest BCUT2D eigenvalue weighted by atomic mass is 32.1. The van der Waals surface area contributed by atoms with Gasteiger partial charge in [0.2, 0.25) is 5.91 Å². The highest BCUT2D eigenvalue weighted by Crippen LogP contribution is 2.23. The maximum atomic E-state index is 11.5. The van der Waals surface area contributed by atoms with Crippen molar-refractivity contribution in [2.75, 3.05) is 0 Å². The fourth-order valence-electron chi connectivity index (χ4n) is 2.11. The monoisotopic (exact) mass is 245 g/mol. The topological polar surface area (TPSA) is 66.4 Å². The van der Waals surface area contributed by atoms with Crippen LogP contribution in [0.3, 0.4) is 0 Å². The van der Waals surface area contributed by atoms with E-state index in [1.54, 1.807) is 0 Å². The second kappa shape index (κ2) is 5.68. The van der Waals surface area contributed by atoms with Gasteiger partial charge in [0.15, 0.2) is 0 Å². The van der Waals surface area contributed by atoms with E-state index in [0.717, 1.165) is 12.8 Å². The molecule has 0 radical (unpaired) electrons. The number of rotatable bonds is 5. The summed E-state index contributed by atoms with van der Waals surface area (Å²) in [7, 11) is 0. The smallest absolute Gasteiger partial charge is 0.233 e. The predicted molar refractivity (Wildman–Crippen MR) is 64.4 cm³/mol. The van der Waals surface area contributed by atoms with E-state index in [1.807, 2.05) is 0 Å². The normalized spacial score (nSPS) is 31.2. The molecule has 4 unspecified atom stereocenters. The molecular formula is C11H19NO3S. The Bertz CT molecular complexity index is 282. The number of aliphatic hydroxyl groups is 1. The number of amides is 1. The van der Waals surface area contributed by atoms with Gasteiger partial charge in [0.05, 0.1) is 12.1 Å². The first-order valence-electron chi connectivity index (χ1n) is 5.64. The Hall–Kier alpha value is -0.550. The Morgan fingerprint density at radius 2 is 2.25 bits per heavy atom. The zero-order valence-corrected chi connectivity index (χ0v) is 10.5. The van der Waals surface area contributed by atoms with E-state index in [2.05, 4.69) is 24.9 Å². The lowest BCUT2D eigenvalue weighted by Gasteiger charge is -2.19. The molecule has 0 aliphatic carbocycles. The van der Waals surface area contributed by atoms with Gasteiger partial charge in [0.1, 0.15) is 11.7 Å². The molecular weight excluding hydrogens is 226 g/mol. The molecule has 16 heavy (non-hydrogen) atoms.